The van der Waals surface area contributed by atoms with Crippen LogP contribution in [0.5, 0.6) is 0 Å². The zero-order valence-corrected chi connectivity index (χ0v) is 30.7. The molecule has 272 valence electrons. The number of benzene rings is 1. The number of allylic oxidation sites excluding steroid dienone is 1. The average Bonchev–Trinajstić information content (AvgIpc) is 3.34. The van der Waals surface area contributed by atoms with E-state index in [2.05, 4.69) is 10.3 Å². The number of carbonyl (C=O) groups excluding carboxylic acids is 3. The summed E-state index contributed by atoms with van der Waals surface area (Å²) in [6.45, 7) is 18.9. The molecular weight excluding hydrogens is 650 g/mol. The van der Waals surface area contributed by atoms with Crippen molar-refractivity contribution in [3.63, 3.8) is 0 Å². The van der Waals surface area contributed by atoms with Crippen LogP contribution in [0.25, 0.3) is 27.7 Å². The summed E-state index contributed by atoms with van der Waals surface area (Å²) in [5, 5.41) is 7.74. The molecule has 0 saturated heterocycles. The SMILES string of the molecule is CC(C)n1nc(-c2cc(F)c(N)cc2F)c2c(N(C(=O)OC(C)(C)C)C(=O)OC(C)(C)C)ncc(C3=CCC(NC(=O)OC(C)(C)C)CC3)c21. The van der Waals surface area contributed by atoms with Gasteiger partial charge in [0.1, 0.15) is 34.1 Å². The Balaban J connectivity index is 2.00. The third kappa shape index (κ3) is 8.88. The van der Waals surface area contributed by atoms with Gasteiger partial charge in [0.2, 0.25) is 0 Å². The maximum absolute atomic E-state index is 15.7. The number of anilines is 2. The minimum atomic E-state index is -1.09. The van der Waals surface area contributed by atoms with Gasteiger partial charge in [-0.3, -0.25) is 4.68 Å². The van der Waals surface area contributed by atoms with Crippen LogP contribution in [0.2, 0.25) is 0 Å². The van der Waals surface area contributed by atoms with Crippen LogP contribution in [0.15, 0.2) is 24.4 Å². The lowest BCUT2D eigenvalue weighted by Crippen LogP contribution is -2.44. The van der Waals surface area contributed by atoms with E-state index in [4.69, 9.17) is 25.0 Å². The molecule has 0 aliphatic heterocycles. The van der Waals surface area contributed by atoms with Gasteiger partial charge in [-0.1, -0.05) is 6.08 Å². The number of nitrogen functional groups attached to an aromatic ring is 1. The second kappa shape index (κ2) is 13.9. The zero-order valence-electron chi connectivity index (χ0n) is 30.7. The van der Waals surface area contributed by atoms with Crippen LogP contribution in [0.4, 0.5) is 34.7 Å². The van der Waals surface area contributed by atoms with Gasteiger partial charge in [-0.05, 0) is 107 Å². The van der Waals surface area contributed by atoms with Crippen molar-refractivity contribution in [3.8, 4) is 11.3 Å². The molecule has 0 saturated carbocycles. The molecule has 14 heteroatoms. The summed E-state index contributed by atoms with van der Waals surface area (Å²) in [6.07, 6.45) is 2.32. The lowest BCUT2D eigenvalue weighted by Gasteiger charge is -2.29. The molecule has 0 radical (unpaired) electrons. The van der Waals surface area contributed by atoms with E-state index in [0.717, 1.165) is 17.7 Å². The fourth-order valence-electron chi connectivity index (χ4n) is 5.41. The van der Waals surface area contributed by atoms with Crippen LogP contribution in [-0.4, -0.2) is 55.9 Å². The van der Waals surface area contributed by atoms with Gasteiger partial charge in [0, 0.05) is 35.5 Å². The van der Waals surface area contributed by atoms with Gasteiger partial charge >= 0.3 is 18.3 Å². The quantitative estimate of drug-likeness (QED) is 0.197. The maximum Gasteiger partial charge on any atom is 0.425 e. The Kier molecular flexibility index (Phi) is 10.6. The first kappa shape index (κ1) is 38.1. The fraction of sp³-hybridized carbons (Fsp3) is 0.528. The van der Waals surface area contributed by atoms with E-state index >= 15 is 4.39 Å². The number of ether oxygens (including phenoxy) is 3. The standard InChI is InChI=1S/C36H48F2N6O6/c1-19(2)44-29-23(20-12-14-21(15-13-20)41-31(45)48-34(3,4)5)18-40-30(27(29)28(42-44)22-16-25(38)26(39)17-24(22)37)43(32(46)49-35(6,7)8)33(47)50-36(9,10)11/h12,16-19,21H,13-15,39H2,1-11H3,(H,41,45). The number of rotatable bonds is 5. The van der Waals surface area contributed by atoms with Gasteiger partial charge in [0.05, 0.1) is 16.6 Å². The van der Waals surface area contributed by atoms with Gasteiger partial charge in [0.25, 0.3) is 0 Å². The highest BCUT2D eigenvalue weighted by molar-refractivity contribution is 6.17. The number of pyridine rings is 1. The summed E-state index contributed by atoms with van der Waals surface area (Å²) in [4.78, 5) is 45.3. The third-order valence-corrected chi connectivity index (χ3v) is 7.38. The molecule has 12 nitrogen and oxygen atoms in total. The second-order valence-corrected chi connectivity index (χ2v) is 15.6. The predicted molar refractivity (Wildman–Crippen MR) is 188 cm³/mol. The molecule has 1 unspecified atom stereocenters. The Morgan fingerprint density at radius 1 is 0.920 bits per heavy atom. The van der Waals surface area contributed by atoms with Crippen molar-refractivity contribution in [2.75, 3.05) is 10.6 Å². The number of hydrogen-bond donors (Lipinski definition) is 2. The first-order chi connectivity index (χ1) is 23.0. The smallest absolute Gasteiger partial charge is 0.425 e. The van der Waals surface area contributed by atoms with Crippen LogP contribution in [0, 0.1) is 11.6 Å². The van der Waals surface area contributed by atoms with Crippen molar-refractivity contribution in [3.05, 3.63) is 41.6 Å². The van der Waals surface area contributed by atoms with Gasteiger partial charge in [-0.2, -0.15) is 10.00 Å². The van der Waals surface area contributed by atoms with Gasteiger partial charge in [-0.15, -0.1) is 0 Å². The van der Waals surface area contributed by atoms with Crippen LogP contribution in [0.1, 0.15) is 107 Å². The summed E-state index contributed by atoms with van der Waals surface area (Å²) < 4.78 is 48.9. The average molecular weight is 699 g/mol. The monoisotopic (exact) mass is 698 g/mol. The number of fused-ring (bicyclic) bond motifs is 1. The number of hydrogen-bond acceptors (Lipinski definition) is 9. The summed E-state index contributed by atoms with van der Waals surface area (Å²) in [7, 11) is 0. The van der Waals surface area contributed by atoms with Crippen LogP contribution in [0.3, 0.4) is 0 Å². The van der Waals surface area contributed by atoms with Gasteiger partial charge < -0.3 is 25.3 Å². The highest BCUT2D eigenvalue weighted by atomic mass is 19.1. The molecule has 3 aromatic rings. The highest BCUT2D eigenvalue weighted by Gasteiger charge is 2.38. The minimum Gasteiger partial charge on any atom is -0.444 e. The van der Waals surface area contributed by atoms with Crippen LogP contribution in [-0.2, 0) is 14.2 Å². The van der Waals surface area contributed by atoms with Crippen molar-refractivity contribution in [2.24, 2.45) is 0 Å². The molecule has 50 heavy (non-hydrogen) atoms. The number of aromatic nitrogens is 3. The molecule has 1 aliphatic rings. The first-order valence-corrected chi connectivity index (χ1v) is 16.6. The van der Waals surface area contributed by atoms with E-state index in [1.807, 2.05) is 19.9 Å². The van der Waals surface area contributed by atoms with Crippen LogP contribution < -0.4 is 16.0 Å². The molecule has 2 heterocycles. The summed E-state index contributed by atoms with van der Waals surface area (Å²) >= 11 is 0. The second-order valence-electron chi connectivity index (χ2n) is 15.6. The van der Waals surface area contributed by atoms with E-state index in [1.54, 1.807) is 67.0 Å². The summed E-state index contributed by atoms with van der Waals surface area (Å²) in [6, 6.07) is 1.25. The third-order valence-electron chi connectivity index (χ3n) is 7.38. The topological polar surface area (TPSA) is 151 Å². The Morgan fingerprint density at radius 2 is 1.50 bits per heavy atom. The number of alkyl carbamates (subject to hydrolysis) is 1. The van der Waals surface area contributed by atoms with E-state index in [9.17, 15) is 18.8 Å². The molecule has 1 atom stereocenters. The molecular formula is C36H48F2N6O6. The van der Waals surface area contributed by atoms with Crippen molar-refractivity contribution >= 4 is 46.3 Å². The molecule has 3 amide bonds. The molecule has 1 aromatic carbocycles. The molecule has 2 aromatic heterocycles. The molecule has 0 bridgehead atoms. The number of nitrogens with zero attached hydrogens (tertiary/aromatic N) is 4. The van der Waals surface area contributed by atoms with E-state index in [1.165, 1.54) is 6.20 Å². The largest absolute Gasteiger partial charge is 0.444 e. The van der Waals surface area contributed by atoms with Crippen LogP contribution >= 0.6 is 0 Å². The van der Waals surface area contributed by atoms with Crippen molar-refractivity contribution < 1.29 is 37.4 Å². The number of amides is 3. The van der Waals surface area contributed by atoms with Crippen molar-refractivity contribution in [2.45, 2.75) is 124 Å². The first-order valence-electron chi connectivity index (χ1n) is 16.6. The van der Waals surface area contributed by atoms with Gasteiger partial charge in [0.15, 0.2) is 5.82 Å². The molecule has 4 rings (SSSR count). The number of carbonyl (C=O) groups is 3. The van der Waals surface area contributed by atoms with Crippen molar-refractivity contribution in [1.82, 2.24) is 20.1 Å². The molecule has 0 spiro atoms. The number of nitrogens with one attached hydrogen (secondary N) is 1. The number of halogens is 2. The van der Waals surface area contributed by atoms with E-state index in [0.29, 0.717) is 35.2 Å². The van der Waals surface area contributed by atoms with E-state index < -0.39 is 52.4 Å². The lowest BCUT2D eigenvalue weighted by atomic mass is 9.90. The zero-order chi connectivity index (χ0) is 37.5. The Bertz CT molecular complexity index is 1800. The Morgan fingerprint density at radius 3 is 2.00 bits per heavy atom. The normalized spacial score (nSPS) is 15.5. The fourth-order valence-corrected chi connectivity index (χ4v) is 5.41. The Labute approximate surface area is 291 Å². The number of nitrogens with two attached hydrogens (primary N) is 1. The molecule has 0 fully saturated rings. The van der Waals surface area contributed by atoms with Gasteiger partial charge in [-0.25, -0.2) is 28.1 Å². The molecule has 3 N–H and O–H groups in total. The molecule has 1 aliphatic carbocycles. The predicted octanol–water partition coefficient (Wildman–Crippen LogP) is 8.68. The Hall–Kier alpha value is -4.75. The summed E-state index contributed by atoms with van der Waals surface area (Å²) in [5.41, 5.74) is 4.10. The van der Waals surface area contributed by atoms with Crippen molar-refractivity contribution in [1.29, 1.82) is 0 Å². The summed E-state index contributed by atoms with van der Waals surface area (Å²) in [5.74, 6) is -2.00. The van der Waals surface area contributed by atoms with E-state index in [-0.39, 0.29) is 34.5 Å². The minimum absolute atomic E-state index is 0.0764. The number of imide groups is 1. The lowest BCUT2D eigenvalue weighted by molar-refractivity contribution is 0.0426. The maximum atomic E-state index is 15.7. The highest BCUT2D eigenvalue weighted by Crippen LogP contribution is 2.43.